The fourth-order valence-electron chi connectivity index (χ4n) is 3.97. The van der Waals surface area contributed by atoms with Gasteiger partial charge in [-0.3, -0.25) is 0 Å². The molecule has 2 aliphatic carbocycles. The monoisotopic (exact) mass is 252 g/mol. The number of rotatable bonds is 7. The molecule has 18 heavy (non-hydrogen) atoms. The number of hydrogen-bond donors (Lipinski definition) is 1. The van der Waals surface area contributed by atoms with Gasteiger partial charge in [-0.15, -0.1) is 0 Å². The normalized spacial score (nSPS) is 25.3. The Kier molecular flexibility index (Phi) is 5.08. The van der Waals surface area contributed by atoms with Gasteiger partial charge in [0, 0.05) is 11.6 Å². The molecular formula is C16H32N2. The smallest absolute Gasteiger partial charge is 0.0356 e. The van der Waals surface area contributed by atoms with Crippen LogP contribution in [0.5, 0.6) is 0 Å². The van der Waals surface area contributed by atoms with E-state index >= 15 is 0 Å². The summed E-state index contributed by atoms with van der Waals surface area (Å²) in [5, 5.41) is 3.89. The van der Waals surface area contributed by atoms with E-state index in [1.165, 1.54) is 64.3 Å². The Morgan fingerprint density at radius 1 is 1.17 bits per heavy atom. The fraction of sp³-hybridized carbons (Fsp3) is 1.00. The summed E-state index contributed by atoms with van der Waals surface area (Å²) in [6, 6.07) is 0.722. The van der Waals surface area contributed by atoms with E-state index in [-0.39, 0.29) is 0 Å². The summed E-state index contributed by atoms with van der Waals surface area (Å²) in [7, 11) is 4.60. The van der Waals surface area contributed by atoms with Crippen LogP contribution in [0.15, 0.2) is 0 Å². The van der Waals surface area contributed by atoms with E-state index in [1.54, 1.807) is 0 Å². The molecule has 2 aliphatic rings. The summed E-state index contributed by atoms with van der Waals surface area (Å²) in [5.74, 6) is 1.01. The molecule has 2 rings (SSSR count). The molecule has 1 atom stereocenters. The predicted molar refractivity (Wildman–Crippen MR) is 78.9 cm³/mol. The summed E-state index contributed by atoms with van der Waals surface area (Å²) < 4.78 is 0. The molecule has 0 saturated heterocycles. The zero-order chi connectivity index (χ0) is 13.0. The fourth-order valence-corrected chi connectivity index (χ4v) is 3.97. The molecule has 2 heteroatoms. The minimum Gasteiger partial charge on any atom is -0.312 e. The van der Waals surface area contributed by atoms with Crippen LogP contribution in [0.4, 0.5) is 0 Å². The average molecular weight is 252 g/mol. The van der Waals surface area contributed by atoms with Crippen LogP contribution in [0.2, 0.25) is 0 Å². The van der Waals surface area contributed by atoms with Gasteiger partial charge in [0.1, 0.15) is 0 Å². The second kappa shape index (κ2) is 6.38. The Morgan fingerprint density at radius 2 is 1.83 bits per heavy atom. The van der Waals surface area contributed by atoms with Gasteiger partial charge in [0.2, 0.25) is 0 Å². The summed E-state index contributed by atoms with van der Waals surface area (Å²) in [6.45, 7) is 3.47. The topological polar surface area (TPSA) is 15.3 Å². The lowest BCUT2D eigenvalue weighted by Gasteiger charge is -2.46. The second-order valence-electron chi connectivity index (χ2n) is 6.74. The third kappa shape index (κ3) is 2.91. The molecule has 0 heterocycles. The summed E-state index contributed by atoms with van der Waals surface area (Å²) >= 11 is 0. The van der Waals surface area contributed by atoms with E-state index in [4.69, 9.17) is 0 Å². The van der Waals surface area contributed by atoms with Gasteiger partial charge in [-0.2, -0.15) is 0 Å². The van der Waals surface area contributed by atoms with E-state index in [0.29, 0.717) is 5.54 Å². The van der Waals surface area contributed by atoms with Crippen molar-refractivity contribution < 1.29 is 0 Å². The van der Waals surface area contributed by atoms with Crippen LogP contribution in [0.1, 0.15) is 64.7 Å². The maximum Gasteiger partial charge on any atom is 0.0356 e. The van der Waals surface area contributed by atoms with Crippen molar-refractivity contribution in [2.24, 2.45) is 5.92 Å². The first-order valence-electron chi connectivity index (χ1n) is 8.10. The van der Waals surface area contributed by atoms with Crippen molar-refractivity contribution in [1.82, 2.24) is 10.2 Å². The van der Waals surface area contributed by atoms with Gasteiger partial charge in [-0.1, -0.05) is 39.0 Å². The van der Waals surface area contributed by atoms with E-state index in [0.717, 1.165) is 12.0 Å². The van der Waals surface area contributed by atoms with Crippen molar-refractivity contribution in [3.05, 3.63) is 0 Å². The van der Waals surface area contributed by atoms with E-state index < -0.39 is 0 Å². The third-order valence-corrected chi connectivity index (χ3v) is 5.44. The average Bonchev–Trinajstić information content (AvgIpc) is 2.77. The zero-order valence-electron chi connectivity index (χ0n) is 12.7. The molecule has 0 radical (unpaired) electrons. The van der Waals surface area contributed by atoms with Crippen LogP contribution >= 0.6 is 0 Å². The molecule has 0 aliphatic heterocycles. The van der Waals surface area contributed by atoms with Crippen molar-refractivity contribution in [3.8, 4) is 0 Å². The largest absolute Gasteiger partial charge is 0.312 e. The highest BCUT2D eigenvalue weighted by atomic mass is 15.2. The summed E-state index contributed by atoms with van der Waals surface area (Å²) in [5.41, 5.74) is 0.449. The molecule has 2 nitrogen and oxygen atoms in total. The van der Waals surface area contributed by atoms with Gasteiger partial charge in [-0.25, -0.2) is 0 Å². The minimum absolute atomic E-state index is 0.449. The van der Waals surface area contributed by atoms with E-state index in [1.807, 2.05) is 0 Å². The van der Waals surface area contributed by atoms with Crippen LogP contribution in [0.3, 0.4) is 0 Å². The molecule has 1 unspecified atom stereocenters. The number of hydrogen-bond acceptors (Lipinski definition) is 2. The molecule has 0 aromatic rings. The van der Waals surface area contributed by atoms with Crippen LogP contribution in [-0.4, -0.2) is 37.1 Å². The molecule has 2 saturated carbocycles. The van der Waals surface area contributed by atoms with Gasteiger partial charge < -0.3 is 10.2 Å². The Morgan fingerprint density at radius 3 is 2.28 bits per heavy atom. The first-order chi connectivity index (χ1) is 8.69. The molecule has 2 fully saturated rings. The SMILES string of the molecule is CCCNC(CC1CCC1)C1(N(C)C)CCCC1. The maximum atomic E-state index is 3.89. The van der Waals surface area contributed by atoms with Gasteiger partial charge in [-0.05, 0) is 52.2 Å². The molecule has 0 bridgehead atoms. The third-order valence-electron chi connectivity index (χ3n) is 5.44. The maximum absolute atomic E-state index is 3.89. The Balaban J connectivity index is 2.03. The number of nitrogens with one attached hydrogen (secondary N) is 1. The van der Waals surface area contributed by atoms with E-state index in [9.17, 15) is 0 Å². The first kappa shape index (κ1) is 14.3. The molecule has 106 valence electrons. The lowest BCUT2D eigenvalue weighted by molar-refractivity contribution is 0.0808. The lowest BCUT2D eigenvalue weighted by atomic mass is 9.74. The van der Waals surface area contributed by atoms with Crippen molar-refractivity contribution in [3.63, 3.8) is 0 Å². The molecule has 1 N–H and O–H groups in total. The van der Waals surface area contributed by atoms with Crippen molar-refractivity contribution >= 4 is 0 Å². The highest BCUT2D eigenvalue weighted by Gasteiger charge is 2.43. The molecule has 0 aromatic carbocycles. The van der Waals surface area contributed by atoms with Crippen LogP contribution < -0.4 is 5.32 Å². The molecular weight excluding hydrogens is 220 g/mol. The summed E-state index contributed by atoms with van der Waals surface area (Å²) in [4.78, 5) is 2.53. The van der Waals surface area contributed by atoms with Crippen molar-refractivity contribution in [1.29, 1.82) is 0 Å². The van der Waals surface area contributed by atoms with Crippen LogP contribution in [-0.2, 0) is 0 Å². The Bertz CT molecular complexity index is 239. The lowest BCUT2D eigenvalue weighted by Crippen LogP contribution is -2.58. The first-order valence-corrected chi connectivity index (χ1v) is 8.10. The van der Waals surface area contributed by atoms with E-state index in [2.05, 4.69) is 31.2 Å². The molecule has 0 spiro atoms. The van der Waals surface area contributed by atoms with Gasteiger partial charge in [0.25, 0.3) is 0 Å². The van der Waals surface area contributed by atoms with Crippen LogP contribution in [0.25, 0.3) is 0 Å². The van der Waals surface area contributed by atoms with Gasteiger partial charge in [0.05, 0.1) is 0 Å². The van der Waals surface area contributed by atoms with Gasteiger partial charge >= 0.3 is 0 Å². The van der Waals surface area contributed by atoms with Gasteiger partial charge in [0.15, 0.2) is 0 Å². The standard InChI is InChI=1S/C16H32N2/c1-4-12-17-15(13-14-8-7-9-14)16(18(2)3)10-5-6-11-16/h14-15,17H,4-13H2,1-3H3. The van der Waals surface area contributed by atoms with Crippen molar-refractivity contribution in [2.45, 2.75) is 76.3 Å². The minimum atomic E-state index is 0.449. The second-order valence-corrected chi connectivity index (χ2v) is 6.74. The quantitative estimate of drug-likeness (QED) is 0.747. The Labute approximate surface area is 114 Å². The highest BCUT2D eigenvalue weighted by molar-refractivity contribution is 5.03. The molecule has 0 aromatic heterocycles. The highest BCUT2D eigenvalue weighted by Crippen LogP contribution is 2.41. The number of nitrogens with zero attached hydrogens (tertiary/aromatic N) is 1. The van der Waals surface area contributed by atoms with Crippen molar-refractivity contribution in [2.75, 3.05) is 20.6 Å². The van der Waals surface area contributed by atoms with Crippen LogP contribution in [0, 0.1) is 5.92 Å². The Hall–Kier alpha value is -0.0800. The zero-order valence-corrected chi connectivity index (χ0v) is 12.7. The summed E-state index contributed by atoms with van der Waals surface area (Å²) in [6.07, 6.45) is 12.7. The predicted octanol–water partition coefficient (Wildman–Crippen LogP) is 3.42. The number of likely N-dealkylation sites (N-methyl/N-ethyl adjacent to an activating group) is 1. The molecule has 0 amide bonds.